The molecule has 4 heterocycles. The number of hydrogen-bond acceptors (Lipinski definition) is 5. The number of H-pyrrole nitrogens is 1. The number of imidazole rings is 1. The Hall–Kier alpha value is -3.65. The molecule has 1 amide bonds. The summed E-state index contributed by atoms with van der Waals surface area (Å²) in [5.74, 6) is 0.900. The first-order valence-corrected chi connectivity index (χ1v) is 10.8. The van der Waals surface area contributed by atoms with Gasteiger partial charge in [0.25, 0.3) is 5.91 Å². The van der Waals surface area contributed by atoms with Crippen LogP contribution in [0.15, 0.2) is 48.8 Å². The molecule has 32 heavy (non-hydrogen) atoms. The van der Waals surface area contributed by atoms with Crippen LogP contribution in [0.1, 0.15) is 40.6 Å². The van der Waals surface area contributed by atoms with Crippen LogP contribution in [0.5, 0.6) is 5.75 Å². The highest BCUT2D eigenvalue weighted by Crippen LogP contribution is 2.30. The lowest BCUT2D eigenvalue weighted by molar-refractivity contribution is 0.101. The zero-order valence-electron chi connectivity index (χ0n) is 18.2. The standard InChI is InChI=1S/C24H26N6O2/c1-15-4-3-5-17(10-15)21-13-26-23(27-21)24(31)28-20-12-18-11-19(16-6-8-25-9-7-16)29-30(18)14-22(20)32-2/h3-5,10-14,16,25H,6-9H2,1-2H3,(H,26,27)(H,28,31). The molecule has 0 saturated carbocycles. The molecule has 0 aliphatic carbocycles. The number of amides is 1. The van der Waals surface area contributed by atoms with Crippen LogP contribution in [0.3, 0.4) is 0 Å². The van der Waals surface area contributed by atoms with Crippen LogP contribution in [0, 0.1) is 6.92 Å². The van der Waals surface area contributed by atoms with E-state index in [-0.39, 0.29) is 11.7 Å². The number of aromatic nitrogens is 4. The van der Waals surface area contributed by atoms with Crippen molar-refractivity contribution in [1.29, 1.82) is 0 Å². The van der Waals surface area contributed by atoms with Gasteiger partial charge in [0.1, 0.15) is 0 Å². The number of ether oxygens (including phenoxy) is 1. The number of pyridine rings is 1. The van der Waals surface area contributed by atoms with Gasteiger partial charge in [-0.15, -0.1) is 0 Å². The van der Waals surface area contributed by atoms with Gasteiger partial charge in [-0.05, 0) is 56.6 Å². The number of carbonyl (C=O) groups is 1. The Bertz CT molecular complexity index is 1270. The van der Waals surface area contributed by atoms with E-state index in [1.165, 1.54) is 0 Å². The van der Waals surface area contributed by atoms with Crippen LogP contribution >= 0.6 is 0 Å². The maximum atomic E-state index is 12.9. The quantitative estimate of drug-likeness (QED) is 0.448. The number of hydrogen-bond donors (Lipinski definition) is 3. The summed E-state index contributed by atoms with van der Waals surface area (Å²) in [5, 5.41) is 11.1. The molecule has 164 valence electrons. The zero-order valence-corrected chi connectivity index (χ0v) is 18.2. The molecule has 4 aromatic rings. The van der Waals surface area contributed by atoms with E-state index in [1.807, 2.05) is 41.8 Å². The number of aryl methyl sites for hydroxylation is 1. The van der Waals surface area contributed by atoms with Crippen molar-refractivity contribution in [3.63, 3.8) is 0 Å². The first kappa shape index (κ1) is 20.3. The van der Waals surface area contributed by atoms with E-state index >= 15 is 0 Å². The van der Waals surface area contributed by atoms with E-state index in [0.29, 0.717) is 17.4 Å². The molecule has 1 saturated heterocycles. The third-order valence-corrected chi connectivity index (χ3v) is 5.93. The number of anilines is 1. The van der Waals surface area contributed by atoms with Gasteiger partial charge in [-0.25, -0.2) is 9.50 Å². The van der Waals surface area contributed by atoms with Crippen LogP contribution in [-0.2, 0) is 0 Å². The van der Waals surface area contributed by atoms with Crippen molar-refractivity contribution in [3.8, 4) is 17.0 Å². The average molecular weight is 431 g/mol. The summed E-state index contributed by atoms with van der Waals surface area (Å²) in [5.41, 5.74) is 5.49. The van der Waals surface area contributed by atoms with Crippen molar-refractivity contribution in [3.05, 3.63) is 65.9 Å². The number of fused-ring (bicyclic) bond motifs is 1. The second kappa shape index (κ2) is 8.47. The van der Waals surface area contributed by atoms with Crippen molar-refractivity contribution >= 4 is 17.1 Å². The third kappa shape index (κ3) is 3.97. The van der Waals surface area contributed by atoms with Gasteiger partial charge in [0, 0.05) is 5.92 Å². The summed E-state index contributed by atoms with van der Waals surface area (Å²) in [6, 6.07) is 12.0. The third-order valence-electron chi connectivity index (χ3n) is 5.93. The maximum Gasteiger partial charge on any atom is 0.291 e. The monoisotopic (exact) mass is 430 g/mol. The molecule has 0 radical (unpaired) electrons. The van der Waals surface area contributed by atoms with Crippen LogP contribution < -0.4 is 15.4 Å². The van der Waals surface area contributed by atoms with Crippen molar-refractivity contribution in [2.75, 3.05) is 25.5 Å². The number of piperidine rings is 1. The molecular formula is C24H26N6O2. The molecule has 1 fully saturated rings. The maximum absolute atomic E-state index is 12.9. The Morgan fingerprint density at radius 1 is 1.22 bits per heavy atom. The van der Waals surface area contributed by atoms with E-state index in [2.05, 4.69) is 26.7 Å². The van der Waals surface area contributed by atoms with Crippen molar-refractivity contribution in [1.82, 2.24) is 24.9 Å². The summed E-state index contributed by atoms with van der Waals surface area (Å²) in [7, 11) is 1.58. The predicted molar refractivity (Wildman–Crippen MR) is 123 cm³/mol. The van der Waals surface area contributed by atoms with Crippen LogP contribution in [0.25, 0.3) is 16.8 Å². The number of nitrogens with one attached hydrogen (secondary N) is 3. The Morgan fingerprint density at radius 3 is 2.84 bits per heavy atom. The SMILES string of the molecule is COc1cn2nc(C3CCNCC3)cc2cc1NC(=O)c1ncc(-c2cccc(C)c2)[nH]1. The predicted octanol–water partition coefficient (Wildman–Crippen LogP) is 3.76. The Kier molecular flexibility index (Phi) is 5.36. The first-order valence-electron chi connectivity index (χ1n) is 10.8. The fraction of sp³-hybridized carbons (Fsp3) is 0.292. The van der Waals surface area contributed by atoms with Gasteiger partial charge in [-0.3, -0.25) is 4.79 Å². The Balaban J connectivity index is 1.39. The summed E-state index contributed by atoms with van der Waals surface area (Å²) in [4.78, 5) is 20.3. The van der Waals surface area contributed by atoms with E-state index in [0.717, 1.165) is 54.0 Å². The fourth-order valence-corrected chi connectivity index (χ4v) is 4.19. The fourth-order valence-electron chi connectivity index (χ4n) is 4.19. The minimum atomic E-state index is -0.329. The van der Waals surface area contributed by atoms with Crippen molar-refractivity contribution in [2.24, 2.45) is 0 Å². The van der Waals surface area contributed by atoms with Gasteiger partial charge in [0.05, 0.1) is 42.1 Å². The molecule has 1 aliphatic rings. The number of benzene rings is 1. The van der Waals surface area contributed by atoms with Crippen LogP contribution in [-0.4, -0.2) is 45.7 Å². The molecule has 0 atom stereocenters. The summed E-state index contributed by atoms with van der Waals surface area (Å²) < 4.78 is 7.33. The number of carbonyl (C=O) groups excluding carboxylic acids is 1. The first-order chi connectivity index (χ1) is 15.6. The minimum absolute atomic E-state index is 0.243. The molecule has 0 unspecified atom stereocenters. The highest BCUT2D eigenvalue weighted by atomic mass is 16.5. The minimum Gasteiger partial charge on any atom is -0.493 e. The summed E-state index contributed by atoms with van der Waals surface area (Å²) in [6.45, 7) is 4.05. The molecule has 8 nitrogen and oxygen atoms in total. The Labute approximate surface area is 186 Å². The van der Waals surface area contributed by atoms with E-state index in [9.17, 15) is 4.79 Å². The van der Waals surface area contributed by atoms with E-state index < -0.39 is 0 Å². The van der Waals surface area contributed by atoms with Gasteiger partial charge in [0.15, 0.2) is 11.6 Å². The van der Waals surface area contributed by atoms with Crippen molar-refractivity contribution < 1.29 is 9.53 Å². The van der Waals surface area contributed by atoms with Gasteiger partial charge >= 0.3 is 0 Å². The zero-order chi connectivity index (χ0) is 22.1. The van der Waals surface area contributed by atoms with E-state index in [1.54, 1.807) is 19.5 Å². The van der Waals surface area contributed by atoms with Gasteiger partial charge < -0.3 is 20.4 Å². The topological polar surface area (TPSA) is 96.3 Å². The number of rotatable bonds is 5. The second-order valence-electron chi connectivity index (χ2n) is 8.19. The molecule has 8 heteroatoms. The number of nitrogens with zero attached hydrogens (tertiary/aromatic N) is 3. The largest absolute Gasteiger partial charge is 0.493 e. The van der Waals surface area contributed by atoms with Gasteiger partial charge in [-0.2, -0.15) is 5.10 Å². The smallest absolute Gasteiger partial charge is 0.291 e. The molecule has 1 aromatic carbocycles. The highest BCUT2D eigenvalue weighted by molar-refractivity contribution is 6.03. The van der Waals surface area contributed by atoms with E-state index in [4.69, 9.17) is 9.84 Å². The average Bonchev–Trinajstić information content (AvgIpc) is 3.46. The number of aromatic amines is 1. The molecule has 0 bridgehead atoms. The molecular weight excluding hydrogens is 404 g/mol. The van der Waals surface area contributed by atoms with Gasteiger partial charge in [-0.1, -0.05) is 23.8 Å². The highest BCUT2D eigenvalue weighted by Gasteiger charge is 2.20. The molecule has 0 spiro atoms. The number of methoxy groups -OCH3 is 1. The van der Waals surface area contributed by atoms with Gasteiger partial charge in [0.2, 0.25) is 0 Å². The molecule has 1 aliphatic heterocycles. The normalized spacial score (nSPS) is 14.6. The Morgan fingerprint density at radius 2 is 2.06 bits per heavy atom. The van der Waals surface area contributed by atoms with Crippen molar-refractivity contribution in [2.45, 2.75) is 25.7 Å². The lowest BCUT2D eigenvalue weighted by atomic mass is 9.95. The summed E-state index contributed by atoms with van der Waals surface area (Å²) in [6.07, 6.45) is 5.63. The van der Waals surface area contributed by atoms with Crippen LogP contribution in [0.2, 0.25) is 0 Å². The second-order valence-corrected chi connectivity index (χ2v) is 8.19. The lowest BCUT2D eigenvalue weighted by Crippen LogP contribution is -2.26. The molecule has 3 aromatic heterocycles. The lowest BCUT2D eigenvalue weighted by Gasteiger charge is -2.20. The molecule has 5 rings (SSSR count). The van der Waals surface area contributed by atoms with Crippen LogP contribution in [0.4, 0.5) is 5.69 Å². The molecule has 3 N–H and O–H groups in total. The summed E-state index contributed by atoms with van der Waals surface area (Å²) >= 11 is 0.